The third-order valence-corrected chi connectivity index (χ3v) is 13.6. The third kappa shape index (κ3) is 29.6. The second kappa shape index (κ2) is 37.1. The van der Waals surface area contributed by atoms with E-state index in [2.05, 4.69) is 122 Å². The van der Waals surface area contributed by atoms with Crippen LogP contribution in [0.5, 0.6) is 0 Å². The Kier molecular flexibility index (Phi) is 27.9. The van der Waals surface area contributed by atoms with Gasteiger partial charge >= 0.3 is 12.1 Å². The fourth-order valence-corrected chi connectivity index (χ4v) is 9.57. The van der Waals surface area contributed by atoms with Crippen LogP contribution in [0.4, 0.5) is 43.7 Å². The first-order valence-corrected chi connectivity index (χ1v) is 33.6. The van der Waals surface area contributed by atoms with Gasteiger partial charge in [0.15, 0.2) is 0 Å². The van der Waals surface area contributed by atoms with E-state index in [0.717, 1.165) is 90.1 Å². The molecule has 8 N–H and O–H groups in total. The van der Waals surface area contributed by atoms with E-state index in [1.807, 2.05) is 194 Å². The Balaban J connectivity index is 0.000000232. The van der Waals surface area contributed by atoms with Crippen LogP contribution in [0.1, 0.15) is 44.5 Å². The number of anilines is 6. The van der Waals surface area contributed by atoms with Crippen LogP contribution < -0.4 is 36.8 Å². The highest BCUT2D eigenvalue weighted by molar-refractivity contribution is 7.85. The SMILES string of the molecule is CS(=O)(=O)O.CS(=O)(=O)[O-].O=C(Cc1ccc(CN(Cc2ccccc2)Cc2ccc(NC(=O)Nc3ccccc3)cc2)cc1)Nc1ccccc1.O=C(Cc1ccc(C[NH+](Cc2ccccc2)Cc2ccc(NC(=O)Nc3ccccc3)cc2)cc1)Nc1ccccc1. The summed E-state index contributed by atoms with van der Waals surface area (Å²) in [5, 5.41) is 17.4. The Morgan fingerprint density at radius 3 is 0.840 bits per heavy atom. The van der Waals surface area contributed by atoms with Crippen LogP contribution in [0.15, 0.2) is 279 Å². The van der Waals surface area contributed by atoms with Gasteiger partial charge in [-0.1, -0.05) is 206 Å². The maximum absolute atomic E-state index is 12.5. The van der Waals surface area contributed by atoms with Gasteiger partial charge in [-0.3, -0.25) is 19.0 Å². The Bertz CT molecular complexity index is 3660. The normalized spacial score (nSPS) is 11.1. The molecule has 0 aliphatic rings. The van der Waals surface area contributed by atoms with Gasteiger partial charge in [-0.15, -0.1) is 0 Å². The molecule has 0 fully saturated rings. The number of nitrogens with zero attached hydrogens (tertiary/aromatic N) is 1. The van der Waals surface area contributed by atoms with Crippen LogP contribution in [0, 0.1) is 0 Å². The van der Waals surface area contributed by atoms with Gasteiger partial charge in [-0.2, -0.15) is 8.42 Å². The summed E-state index contributed by atoms with van der Waals surface area (Å²) in [5.74, 6) is -0.0594. The van der Waals surface area contributed by atoms with Crippen molar-refractivity contribution in [1.82, 2.24) is 4.90 Å². The molecule has 0 saturated heterocycles. The molecule has 0 bridgehead atoms. The van der Waals surface area contributed by atoms with Gasteiger partial charge in [-0.25, -0.2) is 18.0 Å². The summed E-state index contributed by atoms with van der Waals surface area (Å²) >= 11 is 0. The molecule has 0 aliphatic heterocycles. The summed E-state index contributed by atoms with van der Waals surface area (Å²) in [6.07, 6.45) is 1.98. The molecule has 6 amide bonds. The molecule has 10 aromatic rings. The molecule has 0 radical (unpaired) electrons. The lowest BCUT2D eigenvalue weighted by Crippen LogP contribution is -3.08. The third-order valence-electron chi connectivity index (χ3n) is 13.6. The molecule has 1 atom stereocenters. The molecule has 94 heavy (non-hydrogen) atoms. The summed E-state index contributed by atoms with van der Waals surface area (Å²) < 4.78 is 53.1. The van der Waals surface area contributed by atoms with Crippen molar-refractivity contribution in [1.29, 1.82) is 0 Å². The standard InChI is InChI=1S/2C36H34N4O2.2CH4O3S/c2*41-35(37-32-12-6-2-7-13-32)24-28-16-18-30(19-17-28)26-40(25-29-10-4-1-5-11-29)27-31-20-22-34(23-21-31)39-36(42)38-33-14-8-3-9-15-33;2*1-5(2,3)4/h2*1-23H,24-27H2,(H,37,41)(H2,38,39,42);2*1H3,(H,2,3,4). The van der Waals surface area contributed by atoms with Crippen LogP contribution in [0.2, 0.25) is 0 Å². The van der Waals surface area contributed by atoms with Gasteiger partial charge in [0.05, 0.1) is 29.2 Å². The van der Waals surface area contributed by atoms with E-state index < -0.39 is 20.2 Å². The summed E-state index contributed by atoms with van der Waals surface area (Å²) in [5.41, 5.74) is 13.8. The van der Waals surface area contributed by atoms with Crippen molar-refractivity contribution in [3.8, 4) is 0 Å². The Hall–Kier alpha value is -10.6. The maximum atomic E-state index is 12.5. The zero-order valence-electron chi connectivity index (χ0n) is 52.1. The van der Waals surface area contributed by atoms with Crippen molar-refractivity contribution in [2.24, 2.45) is 0 Å². The number of rotatable bonds is 22. The Morgan fingerprint density at radius 1 is 0.330 bits per heavy atom. The first-order chi connectivity index (χ1) is 45.2. The topological polar surface area (TPSA) is 260 Å². The molecule has 10 aromatic carbocycles. The van der Waals surface area contributed by atoms with E-state index in [4.69, 9.17) is 17.5 Å². The number of carbonyl (C=O) groups is 4. The largest absolute Gasteiger partial charge is 0.748 e. The Morgan fingerprint density at radius 2 is 0.532 bits per heavy atom. The predicted molar refractivity (Wildman–Crippen MR) is 372 cm³/mol. The average Bonchev–Trinajstić information content (AvgIpc) is 1.22. The van der Waals surface area contributed by atoms with Crippen LogP contribution in [0.25, 0.3) is 0 Å². The number of amides is 6. The van der Waals surface area contributed by atoms with Crippen molar-refractivity contribution >= 4 is 78.2 Å². The lowest BCUT2D eigenvalue weighted by Gasteiger charge is -2.23. The molecule has 484 valence electrons. The summed E-state index contributed by atoms with van der Waals surface area (Å²) in [6.45, 7) is 4.83. The lowest BCUT2D eigenvalue weighted by atomic mass is 10.1. The number of para-hydroxylation sites is 4. The molecule has 18 nitrogen and oxygen atoms in total. The maximum Gasteiger partial charge on any atom is 0.323 e. The summed E-state index contributed by atoms with van der Waals surface area (Å²) in [7, 11) is -7.58. The van der Waals surface area contributed by atoms with Gasteiger partial charge in [0, 0.05) is 76.7 Å². The highest BCUT2D eigenvalue weighted by Crippen LogP contribution is 2.19. The first-order valence-electron chi connectivity index (χ1n) is 29.9. The van der Waals surface area contributed by atoms with Crippen molar-refractivity contribution in [2.45, 2.75) is 52.1 Å². The molecule has 0 aromatic heterocycles. The number of nitrogens with one attached hydrogen (secondary N) is 7. The molecule has 10 rings (SSSR count). The van der Waals surface area contributed by atoms with Crippen molar-refractivity contribution in [2.75, 3.05) is 44.4 Å². The molecule has 0 saturated carbocycles. The minimum atomic E-state index is -3.92. The monoisotopic (exact) mass is 1300 g/mol. The lowest BCUT2D eigenvalue weighted by molar-refractivity contribution is -0.941. The minimum Gasteiger partial charge on any atom is -0.748 e. The number of hydrogen-bond donors (Lipinski definition) is 8. The quantitative estimate of drug-likeness (QED) is 0.0296. The molecule has 0 heterocycles. The molecule has 20 heteroatoms. The van der Waals surface area contributed by atoms with E-state index in [9.17, 15) is 27.6 Å². The second-order valence-corrected chi connectivity index (χ2v) is 24.8. The molecule has 1 unspecified atom stereocenters. The number of hydrogen-bond acceptors (Lipinski definition) is 10. The summed E-state index contributed by atoms with van der Waals surface area (Å²) in [6, 6.07) is 90.7. The van der Waals surface area contributed by atoms with Gasteiger partial charge in [0.2, 0.25) is 11.8 Å². The fourth-order valence-electron chi connectivity index (χ4n) is 9.57. The van der Waals surface area contributed by atoms with Crippen LogP contribution in [-0.4, -0.2) is 67.2 Å². The molecule has 0 aliphatic carbocycles. The van der Waals surface area contributed by atoms with Crippen LogP contribution in [-0.2, 0) is 81.9 Å². The number of carbonyl (C=O) groups excluding carboxylic acids is 4. The Labute approximate surface area is 550 Å². The van der Waals surface area contributed by atoms with Gasteiger partial charge in [0.1, 0.15) is 19.6 Å². The number of quaternary nitrogens is 1. The number of urea groups is 2. The van der Waals surface area contributed by atoms with E-state index in [1.165, 1.54) is 32.7 Å². The average molecular weight is 1300 g/mol. The molecular weight excluding hydrogens is 1220 g/mol. The smallest absolute Gasteiger partial charge is 0.323 e. The van der Waals surface area contributed by atoms with Crippen LogP contribution >= 0.6 is 0 Å². The molecule has 0 spiro atoms. The minimum absolute atomic E-state index is 0.0271. The fraction of sp³-hybridized carbons (Fsp3) is 0.135. The van der Waals surface area contributed by atoms with E-state index in [-0.39, 0.29) is 23.9 Å². The number of benzene rings is 10. The van der Waals surface area contributed by atoms with Crippen molar-refractivity contribution < 1.29 is 50.0 Å². The van der Waals surface area contributed by atoms with Gasteiger partial charge in [0.25, 0.3) is 10.1 Å². The second-order valence-electron chi connectivity index (χ2n) is 21.9. The highest BCUT2D eigenvalue weighted by Gasteiger charge is 2.15. The first kappa shape index (κ1) is 70.9. The molecular formula is C74H76N8O10S2. The van der Waals surface area contributed by atoms with E-state index in [1.54, 1.807) is 0 Å². The van der Waals surface area contributed by atoms with E-state index in [0.29, 0.717) is 25.4 Å². The van der Waals surface area contributed by atoms with Crippen molar-refractivity contribution in [3.05, 3.63) is 324 Å². The zero-order chi connectivity index (χ0) is 67.0. The highest BCUT2D eigenvalue weighted by atomic mass is 32.2. The van der Waals surface area contributed by atoms with Gasteiger partial charge < -0.3 is 41.4 Å². The van der Waals surface area contributed by atoms with E-state index >= 15 is 0 Å². The summed E-state index contributed by atoms with van der Waals surface area (Å²) in [4.78, 5) is 53.4. The van der Waals surface area contributed by atoms with Crippen molar-refractivity contribution in [3.63, 3.8) is 0 Å². The predicted octanol–water partition coefficient (Wildman–Crippen LogP) is 12.7. The zero-order valence-corrected chi connectivity index (χ0v) is 53.7. The van der Waals surface area contributed by atoms with Crippen LogP contribution in [0.3, 0.4) is 0 Å². The van der Waals surface area contributed by atoms with Gasteiger partial charge in [-0.05, 0) is 101 Å².